The fourth-order valence-electron chi connectivity index (χ4n) is 3.13. The maximum absolute atomic E-state index is 6.13. The molecule has 0 aliphatic carbocycles. The lowest BCUT2D eigenvalue weighted by molar-refractivity contribution is -0.00778. The molecule has 4 heteroatoms. The van der Waals surface area contributed by atoms with Crippen LogP contribution in [0.5, 0.6) is 0 Å². The van der Waals surface area contributed by atoms with Crippen LogP contribution in [0.25, 0.3) is 0 Å². The van der Waals surface area contributed by atoms with Crippen molar-refractivity contribution in [2.45, 2.75) is 45.2 Å². The number of ether oxygens (including phenoxy) is 1. The van der Waals surface area contributed by atoms with Crippen molar-refractivity contribution >= 4 is 0 Å². The first-order chi connectivity index (χ1) is 8.59. The van der Waals surface area contributed by atoms with E-state index in [4.69, 9.17) is 10.5 Å². The Labute approximate surface area is 112 Å². The maximum Gasteiger partial charge on any atom is 0.0590 e. The van der Waals surface area contributed by atoms with Crippen molar-refractivity contribution in [3.8, 4) is 0 Å². The van der Waals surface area contributed by atoms with Crippen molar-refractivity contribution in [1.82, 2.24) is 9.80 Å². The topological polar surface area (TPSA) is 41.7 Å². The molecule has 18 heavy (non-hydrogen) atoms. The number of methoxy groups -OCH3 is 1. The molecule has 0 atom stereocenters. The monoisotopic (exact) mass is 257 g/mol. The summed E-state index contributed by atoms with van der Waals surface area (Å²) < 4.78 is 5.25. The summed E-state index contributed by atoms with van der Waals surface area (Å²) in [5, 5.41) is 0. The van der Waals surface area contributed by atoms with Gasteiger partial charge < -0.3 is 15.4 Å². The minimum absolute atomic E-state index is 0.179. The lowest BCUT2D eigenvalue weighted by Crippen LogP contribution is -2.61. The van der Waals surface area contributed by atoms with Crippen LogP contribution in [-0.2, 0) is 4.74 Å². The van der Waals surface area contributed by atoms with E-state index in [2.05, 4.69) is 30.6 Å². The summed E-state index contributed by atoms with van der Waals surface area (Å²) in [6.07, 6.45) is 2.36. The van der Waals surface area contributed by atoms with Crippen LogP contribution in [0.15, 0.2) is 0 Å². The first-order valence-corrected chi connectivity index (χ1v) is 7.27. The summed E-state index contributed by atoms with van der Waals surface area (Å²) in [5.74, 6) is 0. The SMILES string of the molecule is CCN1CCC(CN)(N(CCOC)C(C)C)CC1. The molecule has 0 aromatic carbocycles. The van der Waals surface area contributed by atoms with E-state index < -0.39 is 0 Å². The first kappa shape index (κ1) is 15.9. The lowest BCUT2D eigenvalue weighted by atomic mass is 9.84. The number of hydrogen-bond acceptors (Lipinski definition) is 4. The number of nitrogens with two attached hydrogens (primary N) is 1. The minimum Gasteiger partial charge on any atom is -0.383 e. The van der Waals surface area contributed by atoms with Gasteiger partial charge in [-0.3, -0.25) is 4.90 Å². The van der Waals surface area contributed by atoms with Crippen LogP contribution in [0, 0.1) is 0 Å². The molecular weight excluding hydrogens is 226 g/mol. The van der Waals surface area contributed by atoms with E-state index in [-0.39, 0.29) is 5.54 Å². The second-order valence-electron chi connectivity index (χ2n) is 5.64. The van der Waals surface area contributed by atoms with E-state index in [9.17, 15) is 0 Å². The molecule has 0 unspecified atom stereocenters. The van der Waals surface area contributed by atoms with Crippen LogP contribution >= 0.6 is 0 Å². The lowest BCUT2D eigenvalue weighted by Gasteiger charge is -2.50. The average Bonchev–Trinajstić information content (AvgIpc) is 2.39. The van der Waals surface area contributed by atoms with E-state index in [0.717, 1.165) is 26.2 Å². The molecule has 4 nitrogen and oxygen atoms in total. The molecule has 108 valence electrons. The molecule has 1 aliphatic rings. The highest BCUT2D eigenvalue weighted by Gasteiger charge is 2.39. The molecule has 0 bridgehead atoms. The Morgan fingerprint density at radius 2 is 1.94 bits per heavy atom. The van der Waals surface area contributed by atoms with Gasteiger partial charge in [-0.1, -0.05) is 6.92 Å². The Bertz CT molecular complexity index is 225. The smallest absolute Gasteiger partial charge is 0.0590 e. The van der Waals surface area contributed by atoms with Crippen molar-refractivity contribution in [3.63, 3.8) is 0 Å². The van der Waals surface area contributed by atoms with Gasteiger partial charge >= 0.3 is 0 Å². The largest absolute Gasteiger partial charge is 0.383 e. The van der Waals surface area contributed by atoms with Crippen LogP contribution < -0.4 is 5.73 Å². The minimum atomic E-state index is 0.179. The predicted molar refractivity (Wildman–Crippen MR) is 76.9 cm³/mol. The first-order valence-electron chi connectivity index (χ1n) is 7.27. The number of likely N-dealkylation sites (tertiary alicyclic amines) is 1. The van der Waals surface area contributed by atoms with Crippen molar-refractivity contribution in [3.05, 3.63) is 0 Å². The van der Waals surface area contributed by atoms with Gasteiger partial charge in [-0.25, -0.2) is 0 Å². The zero-order valence-electron chi connectivity index (χ0n) is 12.6. The summed E-state index contributed by atoms with van der Waals surface area (Å²) >= 11 is 0. The van der Waals surface area contributed by atoms with Gasteiger partial charge in [0.2, 0.25) is 0 Å². The third-order valence-corrected chi connectivity index (χ3v) is 4.38. The van der Waals surface area contributed by atoms with Gasteiger partial charge in [0.05, 0.1) is 6.61 Å². The van der Waals surface area contributed by atoms with Gasteiger partial charge in [0, 0.05) is 31.8 Å². The Hall–Kier alpha value is -0.160. The summed E-state index contributed by atoms with van der Waals surface area (Å²) in [6.45, 7) is 12.8. The third-order valence-electron chi connectivity index (χ3n) is 4.38. The van der Waals surface area contributed by atoms with Gasteiger partial charge in [0.15, 0.2) is 0 Å². The standard InChI is InChI=1S/C14H31N3O/c1-5-16-8-6-14(12-15,7-9-16)17(13(2)3)10-11-18-4/h13H,5-12,15H2,1-4H3. The number of piperidine rings is 1. The Morgan fingerprint density at radius 3 is 2.33 bits per heavy atom. The zero-order valence-corrected chi connectivity index (χ0v) is 12.6. The second kappa shape index (κ2) is 7.43. The third kappa shape index (κ3) is 3.67. The van der Waals surface area contributed by atoms with E-state index >= 15 is 0 Å². The number of hydrogen-bond donors (Lipinski definition) is 1. The predicted octanol–water partition coefficient (Wildman–Crippen LogP) is 1.16. The Kier molecular flexibility index (Phi) is 6.57. The molecule has 0 aromatic rings. The highest BCUT2D eigenvalue weighted by molar-refractivity contribution is 4.97. The summed E-state index contributed by atoms with van der Waals surface area (Å²) in [7, 11) is 1.77. The number of nitrogens with zero attached hydrogens (tertiary/aromatic N) is 2. The van der Waals surface area contributed by atoms with Crippen molar-refractivity contribution in [2.75, 3.05) is 46.4 Å². The molecule has 0 amide bonds. The maximum atomic E-state index is 6.13. The highest BCUT2D eigenvalue weighted by atomic mass is 16.5. The van der Waals surface area contributed by atoms with E-state index in [1.165, 1.54) is 25.9 Å². The molecule has 1 rings (SSSR count). The van der Waals surface area contributed by atoms with Crippen LogP contribution in [0.2, 0.25) is 0 Å². The fraction of sp³-hybridized carbons (Fsp3) is 1.00. The normalized spacial score (nSPS) is 20.8. The Morgan fingerprint density at radius 1 is 1.33 bits per heavy atom. The molecule has 1 saturated heterocycles. The van der Waals surface area contributed by atoms with Gasteiger partial charge in [0.1, 0.15) is 0 Å². The van der Waals surface area contributed by atoms with Crippen molar-refractivity contribution < 1.29 is 4.74 Å². The molecule has 2 N–H and O–H groups in total. The van der Waals surface area contributed by atoms with Crippen LogP contribution in [0.4, 0.5) is 0 Å². The second-order valence-corrected chi connectivity index (χ2v) is 5.64. The molecular formula is C14H31N3O. The van der Waals surface area contributed by atoms with Crippen LogP contribution in [0.3, 0.4) is 0 Å². The molecule has 0 saturated carbocycles. The molecule has 1 fully saturated rings. The van der Waals surface area contributed by atoms with Gasteiger partial charge in [-0.05, 0) is 46.3 Å². The summed E-state index contributed by atoms with van der Waals surface area (Å²) in [4.78, 5) is 5.08. The molecule has 0 spiro atoms. The van der Waals surface area contributed by atoms with E-state index in [1.54, 1.807) is 7.11 Å². The van der Waals surface area contributed by atoms with E-state index in [1.807, 2.05) is 0 Å². The van der Waals surface area contributed by atoms with Gasteiger partial charge in [-0.15, -0.1) is 0 Å². The van der Waals surface area contributed by atoms with Gasteiger partial charge in [-0.2, -0.15) is 0 Å². The molecule has 0 radical (unpaired) electrons. The Balaban J connectivity index is 2.71. The average molecular weight is 257 g/mol. The van der Waals surface area contributed by atoms with Crippen LogP contribution in [0.1, 0.15) is 33.6 Å². The van der Waals surface area contributed by atoms with E-state index in [0.29, 0.717) is 6.04 Å². The van der Waals surface area contributed by atoms with Gasteiger partial charge in [0.25, 0.3) is 0 Å². The van der Waals surface area contributed by atoms with Crippen molar-refractivity contribution in [2.24, 2.45) is 5.73 Å². The summed E-state index contributed by atoms with van der Waals surface area (Å²) in [6, 6.07) is 0.525. The fourth-order valence-corrected chi connectivity index (χ4v) is 3.13. The van der Waals surface area contributed by atoms with Crippen molar-refractivity contribution in [1.29, 1.82) is 0 Å². The number of rotatable bonds is 7. The zero-order chi connectivity index (χ0) is 13.6. The molecule has 1 aliphatic heterocycles. The molecule has 1 heterocycles. The quantitative estimate of drug-likeness (QED) is 0.743. The summed E-state index contributed by atoms with van der Waals surface area (Å²) in [5.41, 5.74) is 6.31. The van der Waals surface area contributed by atoms with Crippen LogP contribution in [-0.4, -0.2) is 67.8 Å². The highest BCUT2D eigenvalue weighted by Crippen LogP contribution is 2.29. The molecule has 0 aromatic heterocycles.